The van der Waals surface area contributed by atoms with Crippen molar-refractivity contribution in [2.45, 2.75) is 47.1 Å². The molecule has 1 N–H and O–H groups in total. The topological polar surface area (TPSA) is 40.5 Å². The van der Waals surface area contributed by atoms with E-state index in [1.54, 1.807) is 0 Å². The van der Waals surface area contributed by atoms with E-state index in [2.05, 4.69) is 38.7 Å². The minimum atomic E-state index is -0.649. The fraction of sp³-hybridized carbons (Fsp3) is 0.588. The Hall–Kier alpha value is -1.35. The van der Waals surface area contributed by atoms with E-state index in [1.165, 1.54) is 27.8 Å². The van der Waals surface area contributed by atoms with E-state index >= 15 is 0 Å². The monoisotopic (exact) mass is 275 g/mol. The summed E-state index contributed by atoms with van der Waals surface area (Å²) in [5.74, 6) is -0.848. The van der Waals surface area contributed by atoms with Crippen LogP contribution in [0.1, 0.15) is 40.7 Å². The van der Waals surface area contributed by atoms with Gasteiger partial charge in [0.25, 0.3) is 0 Å². The van der Waals surface area contributed by atoms with E-state index in [1.807, 2.05) is 0 Å². The van der Waals surface area contributed by atoms with Crippen molar-refractivity contribution in [3.63, 3.8) is 0 Å². The van der Waals surface area contributed by atoms with Crippen molar-refractivity contribution in [1.29, 1.82) is 0 Å². The molecule has 0 bridgehead atoms. The minimum absolute atomic E-state index is 0.199. The van der Waals surface area contributed by atoms with Gasteiger partial charge in [0, 0.05) is 13.1 Å². The molecule has 1 aromatic carbocycles. The van der Waals surface area contributed by atoms with E-state index in [9.17, 15) is 9.90 Å². The van der Waals surface area contributed by atoms with Gasteiger partial charge in [-0.3, -0.25) is 9.69 Å². The molecule has 0 radical (unpaired) electrons. The van der Waals surface area contributed by atoms with Crippen LogP contribution in [0.4, 0.5) is 0 Å². The van der Waals surface area contributed by atoms with Gasteiger partial charge in [0.1, 0.15) is 0 Å². The number of carbonyl (C=O) groups is 1. The van der Waals surface area contributed by atoms with Crippen molar-refractivity contribution in [2.75, 3.05) is 13.1 Å². The van der Waals surface area contributed by atoms with Crippen LogP contribution in [0.5, 0.6) is 0 Å². The van der Waals surface area contributed by atoms with Crippen molar-refractivity contribution in [2.24, 2.45) is 5.92 Å². The van der Waals surface area contributed by atoms with Gasteiger partial charge < -0.3 is 5.11 Å². The molecule has 0 amide bonds. The Morgan fingerprint density at radius 2 is 1.85 bits per heavy atom. The zero-order valence-corrected chi connectivity index (χ0v) is 13.0. The highest BCUT2D eigenvalue weighted by molar-refractivity contribution is 5.70. The second-order valence-corrected chi connectivity index (χ2v) is 6.15. The second-order valence-electron chi connectivity index (χ2n) is 6.15. The predicted molar refractivity (Wildman–Crippen MR) is 81.0 cm³/mol. The van der Waals surface area contributed by atoms with E-state index in [0.29, 0.717) is 6.54 Å². The first-order valence-electron chi connectivity index (χ1n) is 7.41. The smallest absolute Gasteiger partial charge is 0.307 e. The Morgan fingerprint density at radius 1 is 1.25 bits per heavy atom. The molecule has 1 saturated heterocycles. The maximum Gasteiger partial charge on any atom is 0.307 e. The van der Waals surface area contributed by atoms with Gasteiger partial charge in [0.2, 0.25) is 0 Å². The molecule has 2 rings (SSSR count). The molecule has 0 aliphatic carbocycles. The fourth-order valence-corrected chi connectivity index (χ4v) is 3.16. The van der Waals surface area contributed by atoms with Crippen molar-refractivity contribution in [3.8, 4) is 0 Å². The fourth-order valence-electron chi connectivity index (χ4n) is 3.16. The van der Waals surface area contributed by atoms with Gasteiger partial charge in [-0.1, -0.05) is 6.07 Å². The molecule has 1 aliphatic rings. The summed E-state index contributed by atoms with van der Waals surface area (Å²) in [5, 5.41) is 9.19. The number of nitrogens with zero attached hydrogens (tertiary/aromatic N) is 1. The normalized spacial score (nSPS) is 20.1. The van der Waals surface area contributed by atoms with Crippen molar-refractivity contribution < 1.29 is 9.90 Å². The summed E-state index contributed by atoms with van der Waals surface area (Å²) >= 11 is 0. The molecule has 20 heavy (non-hydrogen) atoms. The van der Waals surface area contributed by atoms with Gasteiger partial charge in [-0.05, 0) is 74.9 Å². The molecule has 3 nitrogen and oxygen atoms in total. The lowest BCUT2D eigenvalue weighted by atomic mass is 9.92. The molecular weight excluding hydrogens is 250 g/mol. The molecule has 0 saturated carbocycles. The number of rotatable bonds is 3. The van der Waals surface area contributed by atoms with E-state index in [-0.39, 0.29) is 5.92 Å². The molecule has 1 atom stereocenters. The largest absolute Gasteiger partial charge is 0.481 e. The summed E-state index contributed by atoms with van der Waals surface area (Å²) in [6.07, 6.45) is 1.80. The lowest BCUT2D eigenvalue weighted by Gasteiger charge is -2.32. The third-order valence-electron chi connectivity index (χ3n) is 4.76. The summed E-state index contributed by atoms with van der Waals surface area (Å²) in [5.41, 5.74) is 6.74. The van der Waals surface area contributed by atoms with Crippen LogP contribution in [0.3, 0.4) is 0 Å². The number of hydrogen-bond donors (Lipinski definition) is 1. The minimum Gasteiger partial charge on any atom is -0.481 e. The van der Waals surface area contributed by atoms with Gasteiger partial charge in [0.05, 0.1) is 5.92 Å². The third kappa shape index (κ3) is 3.04. The molecular formula is C17H25NO2. The molecule has 1 aliphatic heterocycles. The summed E-state index contributed by atoms with van der Waals surface area (Å²) in [6.45, 7) is 11.2. The van der Waals surface area contributed by atoms with E-state index in [0.717, 1.165) is 25.9 Å². The standard InChI is InChI=1S/C17H25NO2/c1-11-8-12(2)14(4)16(13(11)3)10-18-7-5-6-15(9-18)17(19)20/h8,15H,5-7,9-10H2,1-4H3,(H,19,20). The van der Waals surface area contributed by atoms with Crippen LogP contribution in [0.2, 0.25) is 0 Å². The van der Waals surface area contributed by atoms with Crippen LogP contribution in [0, 0.1) is 33.6 Å². The quantitative estimate of drug-likeness (QED) is 0.921. The van der Waals surface area contributed by atoms with Crippen molar-refractivity contribution >= 4 is 5.97 Å². The lowest BCUT2D eigenvalue weighted by Crippen LogP contribution is -2.38. The Labute approximate surface area is 121 Å². The summed E-state index contributed by atoms with van der Waals surface area (Å²) < 4.78 is 0. The zero-order valence-electron chi connectivity index (χ0n) is 13.0. The molecule has 0 aromatic heterocycles. The third-order valence-corrected chi connectivity index (χ3v) is 4.76. The molecule has 110 valence electrons. The molecule has 3 heteroatoms. The Balaban J connectivity index is 2.20. The van der Waals surface area contributed by atoms with Crippen molar-refractivity contribution in [3.05, 3.63) is 33.9 Å². The summed E-state index contributed by atoms with van der Waals surface area (Å²) in [7, 11) is 0. The Bertz CT molecular complexity index is 496. The van der Waals surface area contributed by atoms with Crippen molar-refractivity contribution in [1.82, 2.24) is 4.90 Å². The van der Waals surface area contributed by atoms with E-state index < -0.39 is 5.97 Å². The highest BCUT2D eigenvalue weighted by Crippen LogP contribution is 2.25. The number of hydrogen-bond acceptors (Lipinski definition) is 2. The number of carboxylic acids is 1. The number of likely N-dealkylation sites (tertiary alicyclic amines) is 1. The average Bonchev–Trinajstić information content (AvgIpc) is 2.42. The number of benzene rings is 1. The van der Waals surface area contributed by atoms with Crippen LogP contribution in [-0.4, -0.2) is 29.1 Å². The maximum atomic E-state index is 11.2. The van der Waals surface area contributed by atoms with E-state index in [4.69, 9.17) is 0 Å². The zero-order chi connectivity index (χ0) is 14.9. The lowest BCUT2D eigenvalue weighted by molar-refractivity contribution is -0.143. The van der Waals surface area contributed by atoms with Crippen LogP contribution in [-0.2, 0) is 11.3 Å². The predicted octanol–water partition coefficient (Wildman–Crippen LogP) is 3.22. The van der Waals surface area contributed by atoms with Crippen LogP contribution >= 0.6 is 0 Å². The molecule has 1 heterocycles. The molecule has 0 spiro atoms. The average molecular weight is 275 g/mol. The summed E-state index contributed by atoms with van der Waals surface area (Å²) in [4.78, 5) is 13.5. The van der Waals surface area contributed by atoms with Gasteiger partial charge in [-0.15, -0.1) is 0 Å². The van der Waals surface area contributed by atoms with Gasteiger partial charge in [0.15, 0.2) is 0 Å². The Morgan fingerprint density at radius 3 is 2.40 bits per heavy atom. The van der Waals surface area contributed by atoms with Crippen LogP contribution < -0.4 is 0 Å². The van der Waals surface area contributed by atoms with Gasteiger partial charge >= 0.3 is 5.97 Å². The van der Waals surface area contributed by atoms with Crippen LogP contribution in [0.25, 0.3) is 0 Å². The first-order valence-corrected chi connectivity index (χ1v) is 7.41. The number of aliphatic carboxylic acids is 1. The van der Waals surface area contributed by atoms with Gasteiger partial charge in [-0.25, -0.2) is 0 Å². The summed E-state index contributed by atoms with van der Waals surface area (Å²) in [6, 6.07) is 2.24. The van der Waals surface area contributed by atoms with Gasteiger partial charge in [-0.2, -0.15) is 0 Å². The molecule has 1 unspecified atom stereocenters. The first kappa shape index (κ1) is 15.0. The number of piperidine rings is 1. The maximum absolute atomic E-state index is 11.2. The Kier molecular flexibility index (Phi) is 4.48. The first-order chi connectivity index (χ1) is 9.40. The highest BCUT2D eigenvalue weighted by Gasteiger charge is 2.26. The number of carboxylic acid groups (broad SMARTS) is 1. The second kappa shape index (κ2) is 5.96. The SMILES string of the molecule is Cc1cc(C)c(C)c(CN2CCCC(C(=O)O)C2)c1C. The molecule has 1 aromatic rings. The molecule has 1 fully saturated rings. The van der Waals surface area contributed by atoms with Crippen LogP contribution in [0.15, 0.2) is 6.07 Å². The number of aryl methyl sites for hydroxylation is 2. The highest BCUT2D eigenvalue weighted by atomic mass is 16.4.